The summed E-state index contributed by atoms with van der Waals surface area (Å²) in [6.45, 7) is 5.55. The number of nitrogens with zero attached hydrogens (tertiary/aromatic N) is 3. The number of aromatic nitrogens is 2. The molecule has 0 radical (unpaired) electrons. The van der Waals surface area contributed by atoms with Crippen molar-refractivity contribution in [3.05, 3.63) is 18.0 Å². The van der Waals surface area contributed by atoms with Gasteiger partial charge in [0, 0.05) is 37.3 Å². The van der Waals surface area contributed by atoms with Crippen molar-refractivity contribution in [2.24, 2.45) is 5.73 Å². The van der Waals surface area contributed by atoms with Crippen LogP contribution in [0.15, 0.2) is 12.4 Å². The highest BCUT2D eigenvalue weighted by Gasteiger charge is 2.38. The molecule has 0 aliphatic carbocycles. The first-order valence-corrected chi connectivity index (χ1v) is 5.74. The smallest absolute Gasteiger partial charge is 0.224 e. The Morgan fingerprint density at radius 3 is 2.81 bits per heavy atom. The Bertz CT molecular complexity index is 387. The van der Waals surface area contributed by atoms with E-state index in [9.17, 15) is 4.79 Å². The van der Waals surface area contributed by atoms with Gasteiger partial charge in [-0.2, -0.15) is 5.10 Å². The Morgan fingerprint density at radius 2 is 2.25 bits per heavy atom. The zero-order chi connectivity index (χ0) is 11.7. The average molecular weight is 222 g/mol. The van der Waals surface area contributed by atoms with Gasteiger partial charge in [-0.15, -0.1) is 0 Å². The minimum absolute atomic E-state index is 0.00204. The maximum atomic E-state index is 11.7. The first kappa shape index (κ1) is 11.1. The molecule has 2 N–H and O–H groups in total. The molecule has 0 unspecified atom stereocenters. The number of carbonyl (C=O) groups is 1. The lowest BCUT2D eigenvalue weighted by Crippen LogP contribution is -2.32. The molecular weight excluding hydrogens is 204 g/mol. The predicted octanol–water partition coefficient (Wildman–Crippen LogP) is 0.524. The number of carbonyl (C=O) groups excluding carboxylic acids is 1. The van der Waals surface area contributed by atoms with E-state index < -0.39 is 0 Å². The van der Waals surface area contributed by atoms with Crippen molar-refractivity contribution >= 4 is 5.91 Å². The topological polar surface area (TPSA) is 64.2 Å². The maximum Gasteiger partial charge on any atom is 0.224 e. The van der Waals surface area contributed by atoms with Gasteiger partial charge >= 0.3 is 0 Å². The SMILES string of the molecule is CCN1C(=O)C[C@H](N)[C@H]1c1cnn(CC)c1. The first-order chi connectivity index (χ1) is 7.67. The summed E-state index contributed by atoms with van der Waals surface area (Å²) in [5.74, 6) is 0.143. The maximum absolute atomic E-state index is 11.7. The van der Waals surface area contributed by atoms with Crippen LogP contribution in [-0.4, -0.2) is 33.2 Å². The summed E-state index contributed by atoms with van der Waals surface area (Å²) in [7, 11) is 0. The van der Waals surface area contributed by atoms with Gasteiger partial charge in [0.2, 0.25) is 5.91 Å². The number of nitrogens with two attached hydrogens (primary N) is 1. The zero-order valence-electron chi connectivity index (χ0n) is 9.76. The van der Waals surface area contributed by atoms with Gasteiger partial charge in [0.1, 0.15) is 0 Å². The van der Waals surface area contributed by atoms with Crippen LogP contribution in [0.4, 0.5) is 0 Å². The van der Waals surface area contributed by atoms with E-state index in [0.717, 1.165) is 12.1 Å². The van der Waals surface area contributed by atoms with E-state index in [1.807, 2.05) is 35.8 Å². The zero-order valence-corrected chi connectivity index (χ0v) is 9.76. The second-order valence-corrected chi connectivity index (χ2v) is 4.12. The van der Waals surface area contributed by atoms with E-state index in [-0.39, 0.29) is 18.0 Å². The van der Waals surface area contributed by atoms with Gasteiger partial charge in [-0.3, -0.25) is 9.48 Å². The second-order valence-electron chi connectivity index (χ2n) is 4.12. The largest absolute Gasteiger partial charge is 0.334 e. The summed E-state index contributed by atoms with van der Waals surface area (Å²) in [5.41, 5.74) is 7.06. The van der Waals surface area contributed by atoms with Crippen molar-refractivity contribution in [3.8, 4) is 0 Å². The van der Waals surface area contributed by atoms with Gasteiger partial charge in [-0.1, -0.05) is 0 Å². The van der Waals surface area contributed by atoms with Gasteiger partial charge in [0.15, 0.2) is 0 Å². The Morgan fingerprint density at radius 1 is 1.50 bits per heavy atom. The van der Waals surface area contributed by atoms with Crippen LogP contribution in [0.3, 0.4) is 0 Å². The number of likely N-dealkylation sites (N-methyl/N-ethyl adjacent to an activating group) is 1. The van der Waals surface area contributed by atoms with E-state index in [4.69, 9.17) is 5.73 Å². The van der Waals surface area contributed by atoms with Gasteiger partial charge in [0.25, 0.3) is 0 Å². The van der Waals surface area contributed by atoms with E-state index in [1.54, 1.807) is 0 Å². The van der Waals surface area contributed by atoms with Crippen molar-refractivity contribution in [3.63, 3.8) is 0 Å². The molecule has 0 spiro atoms. The molecule has 1 aromatic heterocycles. The quantitative estimate of drug-likeness (QED) is 0.811. The van der Waals surface area contributed by atoms with Crippen LogP contribution in [0.5, 0.6) is 0 Å². The van der Waals surface area contributed by atoms with Crippen molar-refractivity contribution in [2.75, 3.05) is 6.54 Å². The Hall–Kier alpha value is -1.36. The van der Waals surface area contributed by atoms with Gasteiger partial charge < -0.3 is 10.6 Å². The van der Waals surface area contributed by atoms with E-state index in [2.05, 4.69) is 5.10 Å². The van der Waals surface area contributed by atoms with Crippen LogP contribution >= 0.6 is 0 Å². The standard InChI is InChI=1S/C11H18N4O/c1-3-14-7-8(6-13-14)11-9(12)5-10(16)15(11)4-2/h6-7,9,11H,3-5,12H2,1-2H3/t9-,11+/m0/s1. The number of hydrogen-bond acceptors (Lipinski definition) is 3. The molecule has 5 nitrogen and oxygen atoms in total. The van der Waals surface area contributed by atoms with Crippen LogP contribution in [0, 0.1) is 0 Å². The molecule has 2 rings (SSSR count). The van der Waals surface area contributed by atoms with Crippen LogP contribution in [0.2, 0.25) is 0 Å². The van der Waals surface area contributed by atoms with Crippen LogP contribution in [-0.2, 0) is 11.3 Å². The van der Waals surface area contributed by atoms with E-state index >= 15 is 0 Å². The van der Waals surface area contributed by atoms with Crippen LogP contribution in [0.25, 0.3) is 0 Å². The molecular formula is C11H18N4O. The summed E-state index contributed by atoms with van der Waals surface area (Å²) >= 11 is 0. The summed E-state index contributed by atoms with van der Waals surface area (Å²) in [5, 5.41) is 4.23. The Labute approximate surface area is 95.2 Å². The molecule has 1 aromatic rings. The lowest BCUT2D eigenvalue weighted by atomic mass is 10.0. The fraction of sp³-hybridized carbons (Fsp3) is 0.636. The van der Waals surface area contributed by atoms with E-state index in [1.165, 1.54) is 0 Å². The molecule has 0 bridgehead atoms. The van der Waals surface area contributed by atoms with E-state index in [0.29, 0.717) is 13.0 Å². The molecule has 1 aliphatic rings. The fourth-order valence-electron chi connectivity index (χ4n) is 2.32. The Balaban J connectivity index is 2.27. The summed E-state index contributed by atoms with van der Waals surface area (Å²) < 4.78 is 1.86. The summed E-state index contributed by atoms with van der Waals surface area (Å²) in [6, 6.07) is -0.111. The highest BCUT2D eigenvalue weighted by atomic mass is 16.2. The van der Waals surface area contributed by atoms with Crippen molar-refractivity contribution in [2.45, 2.75) is 38.9 Å². The van der Waals surface area contributed by atoms with Crippen molar-refractivity contribution < 1.29 is 4.79 Å². The van der Waals surface area contributed by atoms with Crippen molar-refractivity contribution in [1.82, 2.24) is 14.7 Å². The van der Waals surface area contributed by atoms with Gasteiger partial charge in [-0.25, -0.2) is 0 Å². The number of rotatable bonds is 3. The lowest BCUT2D eigenvalue weighted by molar-refractivity contribution is -0.128. The summed E-state index contributed by atoms with van der Waals surface area (Å²) in [4.78, 5) is 13.5. The predicted molar refractivity (Wildman–Crippen MR) is 60.6 cm³/mol. The number of likely N-dealkylation sites (tertiary alicyclic amines) is 1. The van der Waals surface area contributed by atoms with Gasteiger partial charge in [-0.05, 0) is 13.8 Å². The third-order valence-corrected chi connectivity index (χ3v) is 3.13. The highest BCUT2D eigenvalue weighted by Crippen LogP contribution is 2.31. The van der Waals surface area contributed by atoms with Crippen LogP contribution < -0.4 is 5.73 Å². The molecule has 88 valence electrons. The molecule has 2 atom stereocenters. The molecule has 0 saturated carbocycles. The third-order valence-electron chi connectivity index (χ3n) is 3.13. The van der Waals surface area contributed by atoms with Crippen molar-refractivity contribution in [1.29, 1.82) is 0 Å². The lowest BCUT2D eigenvalue weighted by Gasteiger charge is -2.24. The van der Waals surface area contributed by atoms with Crippen LogP contribution in [0.1, 0.15) is 31.9 Å². The molecule has 1 saturated heterocycles. The summed E-state index contributed by atoms with van der Waals surface area (Å²) in [6.07, 6.45) is 4.23. The Kier molecular flexibility index (Phi) is 2.96. The third kappa shape index (κ3) is 1.71. The molecule has 1 aliphatic heterocycles. The fourth-order valence-corrected chi connectivity index (χ4v) is 2.32. The monoisotopic (exact) mass is 222 g/mol. The highest BCUT2D eigenvalue weighted by molar-refractivity contribution is 5.80. The average Bonchev–Trinajstić information content (AvgIpc) is 2.82. The normalized spacial score (nSPS) is 25.4. The number of aryl methyl sites for hydroxylation is 1. The number of amides is 1. The molecule has 1 fully saturated rings. The molecule has 16 heavy (non-hydrogen) atoms. The minimum Gasteiger partial charge on any atom is -0.334 e. The molecule has 1 amide bonds. The second kappa shape index (κ2) is 4.25. The molecule has 5 heteroatoms. The number of hydrogen-bond donors (Lipinski definition) is 1. The molecule has 0 aromatic carbocycles. The molecule has 2 heterocycles. The first-order valence-electron chi connectivity index (χ1n) is 5.74. The van der Waals surface area contributed by atoms with Gasteiger partial charge in [0.05, 0.1) is 12.2 Å². The minimum atomic E-state index is -0.109.